The van der Waals surface area contributed by atoms with Crippen LogP contribution in [-0.4, -0.2) is 42.3 Å². The molecule has 1 aromatic heterocycles. The Hall–Kier alpha value is -3.39. The van der Waals surface area contributed by atoms with Crippen molar-refractivity contribution >= 4 is 12.3 Å². The standard InChI is InChI=1S/C24H29F3N4O2.C3H6O2.C2H6/c1-3-5-6-8-17(4-2)29-23-21(14-28)20-9-7-12-32-15-16-13-18(33-24(25,26)27)10-11-19(16)22(20)30-31-23;1-2-5-3-4;1-2/h10-11,13,17H,3-9,12,15H2,1-2H3,(H,29,31);3H,2H2,1H3;1-2H3. The molecule has 0 bridgehead atoms. The summed E-state index contributed by atoms with van der Waals surface area (Å²) in [6.07, 6.45) is 1.67. The summed E-state index contributed by atoms with van der Waals surface area (Å²) in [6.45, 7) is 11.4. The van der Waals surface area contributed by atoms with Gasteiger partial charge in [-0.25, -0.2) is 0 Å². The highest BCUT2D eigenvalue weighted by molar-refractivity contribution is 5.73. The predicted octanol–water partition coefficient (Wildman–Crippen LogP) is 7.35. The summed E-state index contributed by atoms with van der Waals surface area (Å²) in [6, 6.07) is 6.54. The molecule has 1 atom stereocenters. The van der Waals surface area contributed by atoms with Crippen LogP contribution in [0.25, 0.3) is 11.3 Å². The second-order valence-corrected chi connectivity index (χ2v) is 8.68. The van der Waals surface area contributed by atoms with Gasteiger partial charge in [0.2, 0.25) is 0 Å². The lowest BCUT2D eigenvalue weighted by molar-refractivity contribution is -0.274. The highest BCUT2D eigenvalue weighted by Gasteiger charge is 2.31. The zero-order valence-corrected chi connectivity index (χ0v) is 24.1. The van der Waals surface area contributed by atoms with Gasteiger partial charge in [0, 0.05) is 23.8 Å². The molecule has 0 amide bonds. The van der Waals surface area contributed by atoms with Crippen LogP contribution in [0.3, 0.4) is 0 Å². The predicted molar refractivity (Wildman–Crippen MR) is 148 cm³/mol. The van der Waals surface area contributed by atoms with Crippen LogP contribution in [0, 0.1) is 11.3 Å². The number of nitrogens with one attached hydrogen (secondary N) is 1. The fourth-order valence-corrected chi connectivity index (χ4v) is 4.08. The molecular formula is C29H41F3N4O4. The van der Waals surface area contributed by atoms with Crippen molar-refractivity contribution in [2.45, 2.75) is 98.6 Å². The first kappa shape index (κ1) is 34.6. The fourth-order valence-electron chi connectivity index (χ4n) is 4.08. The van der Waals surface area contributed by atoms with E-state index in [4.69, 9.17) is 4.74 Å². The third-order valence-electron chi connectivity index (χ3n) is 5.95. The van der Waals surface area contributed by atoms with E-state index in [9.17, 15) is 23.2 Å². The van der Waals surface area contributed by atoms with Gasteiger partial charge in [-0.05, 0) is 56.4 Å². The lowest BCUT2D eigenvalue weighted by atomic mass is 9.95. The van der Waals surface area contributed by atoms with E-state index in [1.807, 2.05) is 13.8 Å². The molecule has 1 aliphatic heterocycles. The minimum atomic E-state index is -4.78. The van der Waals surface area contributed by atoms with E-state index in [2.05, 4.69) is 44.9 Å². The Balaban J connectivity index is 0.00000103. The van der Waals surface area contributed by atoms with Crippen LogP contribution in [0.5, 0.6) is 5.75 Å². The van der Waals surface area contributed by atoms with E-state index in [-0.39, 0.29) is 18.4 Å². The third kappa shape index (κ3) is 11.4. The zero-order chi connectivity index (χ0) is 30.0. The number of fused-ring (bicyclic) bond motifs is 3. The maximum absolute atomic E-state index is 12.7. The molecule has 1 aromatic carbocycles. The molecular weight excluding hydrogens is 525 g/mol. The monoisotopic (exact) mass is 566 g/mol. The van der Waals surface area contributed by atoms with Gasteiger partial charge in [-0.15, -0.1) is 23.4 Å². The first-order valence-electron chi connectivity index (χ1n) is 13.9. The van der Waals surface area contributed by atoms with Crippen molar-refractivity contribution in [1.82, 2.24) is 10.2 Å². The van der Waals surface area contributed by atoms with E-state index in [1.54, 1.807) is 6.92 Å². The van der Waals surface area contributed by atoms with Crippen LogP contribution in [0.4, 0.5) is 19.0 Å². The summed E-state index contributed by atoms with van der Waals surface area (Å²) in [7, 11) is 0. The van der Waals surface area contributed by atoms with Crippen LogP contribution >= 0.6 is 0 Å². The number of nitrogens with zero attached hydrogens (tertiary/aromatic N) is 3. The van der Waals surface area contributed by atoms with Crippen LogP contribution in [0.1, 0.15) is 89.8 Å². The number of ether oxygens (including phenoxy) is 3. The average molecular weight is 567 g/mol. The summed E-state index contributed by atoms with van der Waals surface area (Å²) in [5, 5.41) is 22.1. The summed E-state index contributed by atoms with van der Waals surface area (Å²) in [5.41, 5.74) is 2.75. The van der Waals surface area contributed by atoms with Gasteiger partial charge in [-0.1, -0.05) is 47.0 Å². The molecule has 0 saturated carbocycles. The Bertz CT molecular complexity index is 1070. The second-order valence-electron chi connectivity index (χ2n) is 8.68. The second kappa shape index (κ2) is 18.8. The number of nitriles is 1. The van der Waals surface area contributed by atoms with Gasteiger partial charge >= 0.3 is 6.36 Å². The maximum Gasteiger partial charge on any atom is 0.573 e. The van der Waals surface area contributed by atoms with Gasteiger partial charge in [-0.3, -0.25) is 4.79 Å². The van der Waals surface area contributed by atoms with Crippen molar-refractivity contribution in [1.29, 1.82) is 5.26 Å². The molecule has 0 fully saturated rings. The van der Waals surface area contributed by atoms with Crippen LogP contribution in [0.15, 0.2) is 18.2 Å². The number of carbonyl (C=O) groups is 1. The maximum atomic E-state index is 12.7. The molecule has 1 aliphatic rings. The van der Waals surface area contributed by atoms with E-state index >= 15 is 0 Å². The molecule has 0 spiro atoms. The van der Waals surface area contributed by atoms with E-state index in [0.717, 1.165) is 37.7 Å². The summed E-state index contributed by atoms with van der Waals surface area (Å²) < 4.78 is 51.9. The van der Waals surface area contributed by atoms with Gasteiger partial charge in [0.1, 0.15) is 17.4 Å². The van der Waals surface area contributed by atoms with Crippen LogP contribution in [-0.2, 0) is 27.3 Å². The number of carbonyl (C=O) groups excluding carboxylic acids is 1. The van der Waals surface area contributed by atoms with Crippen molar-refractivity contribution in [3.63, 3.8) is 0 Å². The van der Waals surface area contributed by atoms with Crippen molar-refractivity contribution in [3.05, 3.63) is 34.9 Å². The molecule has 0 aliphatic carbocycles. The highest BCUT2D eigenvalue weighted by Crippen LogP contribution is 2.35. The van der Waals surface area contributed by atoms with Crippen LogP contribution < -0.4 is 10.1 Å². The molecule has 8 nitrogen and oxygen atoms in total. The number of alkyl halides is 3. The van der Waals surface area contributed by atoms with Gasteiger partial charge in [0.05, 0.1) is 18.9 Å². The topological polar surface area (TPSA) is 106 Å². The van der Waals surface area contributed by atoms with Crippen molar-refractivity contribution in [3.8, 4) is 23.1 Å². The number of benzene rings is 1. The Kier molecular flexibility index (Phi) is 16.3. The van der Waals surface area contributed by atoms with Crippen molar-refractivity contribution < 1.29 is 32.2 Å². The molecule has 11 heteroatoms. The number of aromatic nitrogens is 2. The fraction of sp³-hybridized carbons (Fsp3) is 0.586. The Morgan fingerprint density at radius 3 is 2.52 bits per heavy atom. The molecule has 2 heterocycles. The number of hydrogen-bond acceptors (Lipinski definition) is 8. The quantitative estimate of drug-likeness (QED) is 0.235. The van der Waals surface area contributed by atoms with Gasteiger partial charge < -0.3 is 19.5 Å². The summed E-state index contributed by atoms with van der Waals surface area (Å²) in [4.78, 5) is 9.18. The molecule has 0 saturated heterocycles. The minimum absolute atomic E-state index is 0.114. The first-order valence-corrected chi connectivity index (χ1v) is 13.9. The van der Waals surface area contributed by atoms with Gasteiger partial charge in [0.15, 0.2) is 5.82 Å². The molecule has 3 rings (SSSR count). The lowest BCUT2D eigenvalue weighted by Crippen LogP contribution is -2.21. The Labute approximate surface area is 235 Å². The number of hydrogen-bond donors (Lipinski definition) is 1. The molecule has 2 aromatic rings. The average Bonchev–Trinajstić information content (AvgIpc) is 3.02. The minimum Gasteiger partial charge on any atom is -0.468 e. The van der Waals surface area contributed by atoms with E-state index in [0.29, 0.717) is 60.7 Å². The molecule has 1 N–H and O–H groups in total. The number of anilines is 1. The van der Waals surface area contributed by atoms with Crippen LogP contribution in [0.2, 0.25) is 0 Å². The molecule has 0 radical (unpaired) electrons. The molecule has 1 unspecified atom stereocenters. The number of rotatable bonds is 10. The molecule has 40 heavy (non-hydrogen) atoms. The van der Waals surface area contributed by atoms with Crippen molar-refractivity contribution in [2.75, 3.05) is 18.5 Å². The largest absolute Gasteiger partial charge is 0.573 e. The van der Waals surface area contributed by atoms with Gasteiger partial charge in [0.25, 0.3) is 6.47 Å². The Morgan fingerprint density at radius 2 is 1.95 bits per heavy atom. The summed E-state index contributed by atoms with van der Waals surface area (Å²) in [5.74, 6) is 0.133. The highest BCUT2D eigenvalue weighted by atomic mass is 19.4. The van der Waals surface area contributed by atoms with Gasteiger partial charge in [-0.2, -0.15) is 5.26 Å². The summed E-state index contributed by atoms with van der Waals surface area (Å²) >= 11 is 0. The lowest BCUT2D eigenvalue weighted by Gasteiger charge is -2.20. The normalized spacial score (nSPS) is 13.1. The SMILES string of the molecule is CC.CCCCCC(CC)Nc1nnc2c(c1C#N)CCCOCc1cc(OC(F)(F)F)ccc1-2.CCOC=O. The first-order chi connectivity index (χ1) is 19.3. The third-order valence-corrected chi connectivity index (χ3v) is 5.95. The smallest absolute Gasteiger partial charge is 0.468 e. The number of halogens is 3. The zero-order valence-electron chi connectivity index (χ0n) is 24.1. The number of unbranched alkanes of at least 4 members (excludes halogenated alkanes) is 2. The molecule has 222 valence electrons. The van der Waals surface area contributed by atoms with Crippen molar-refractivity contribution in [2.24, 2.45) is 0 Å². The van der Waals surface area contributed by atoms with E-state index < -0.39 is 6.36 Å². The Morgan fingerprint density at radius 1 is 1.20 bits per heavy atom. The van der Waals surface area contributed by atoms with E-state index in [1.165, 1.54) is 18.2 Å².